The Morgan fingerprint density at radius 3 is 2.32 bits per heavy atom. The van der Waals surface area contributed by atoms with Gasteiger partial charge >= 0.3 is 0 Å². The van der Waals surface area contributed by atoms with Crippen LogP contribution in [0.25, 0.3) is 0 Å². The summed E-state index contributed by atoms with van der Waals surface area (Å²) < 4.78 is 39.2. The van der Waals surface area contributed by atoms with Crippen molar-refractivity contribution in [2.75, 3.05) is 29.8 Å². The first-order valence-electron chi connectivity index (χ1n) is 14.5. The van der Waals surface area contributed by atoms with Gasteiger partial charge in [-0.05, 0) is 55.7 Å². The van der Waals surface area contributed by atoms with E-state index in [4.69, 9.17) is 32.7 Å². The quantitative estimate of drug-likeness (QED) is 0.260. The van der Waals surface area contributed by atoms with Gasteiger partial charge in [-0.3, -0.25) is 13.9 Å². The van der Waals surface area contributed by atoms with E-state index in [1.54, 1.807) is 36.4 Å². The number of hydrogen-bond acceptors (Lipinski definition) is 6. The number of rotatable bonds is 13. The first kappa shape index (κ1) is 33.4. The maximum atomic E-state index is 14.4. The van der Waals surface area contributed by atoms with Crippen LogP contribution in [0.15, 0.2) is 66.7 Å². The van der Waals surface area contributed by atoms with Crippen LogP contribution in [0.4, 0.5) is 5.69 Å². The Morgan fingerprint density at radius 1 is 0.955 bits per heavy atom. The lowest BCUT2D eigenvalue weighted by atomic mass is 10.0. The number of fused-ring (bicyclic) bond motifs is 1. The van der Waals surface area contributed by atoms with Crippen LogP contribution in [-0.4, -0.2) is 62.7 Å². The molecule has 3 aromatic rings. The van der Waals surface area contributed by atoms with E-state index in [9.17, 15) is 18.0 Å². The molecule has 0 saturated heterocycles. The summed E-state index contributed by atoms with van der Waals surface area (Å²) in [5, 5.41) is 3.75. The van der Waals surface area contributed by atoms with Crippen LogP contribution in [-0.2, 0) is 32.6 Å². The Balaban J connectivity index is 1.77. The number of anilines is 1. The Hall–Kier alpha value is -3.47. The van der Waals surface area contributed by atoms with Gasteiger partial charge < -0.3 is 19.7 Å². The number of nitrogens with zero attached hydrogens (tertiary/aromatic N) is 2. The second-order valence-electron chi connectivity index (χ2n) is 10.5. The molecule has 1 heterocycles. The summed E-state index contributed by atoms with van der Waals surface area (Å²) in [7, 11) is -3.94. The zero-order valence-corrected chi connectivity index (χ0v) is 27.3. The molecule has 236 valence electrons. The third kappa shape index (κ3) is 8.37. The van der Waals surface area contributed by atoms with E-state index in [1.807, 2.05) is 44.2 Å². The van der Waals surface area contributed by atoms with Crippen LogP contribution in [0.2, 0.25) is 10.0 Å². The fourth-order valence-corrected chi connectivity index (χ4v) is 6.26. The Bertz CT molecular complexity index is 1570. The maximum Gasteiger partial charge on any atom is 0.244 e. The van der Waals surface area contributed by atoms with Gasteiger partial charge in [0.25, 0.3) is 0 Å². The minimum Gasteiger partial charge on any atom is -0.486 e. The summed E-state index contributed by atoms with van der Waals surface area (Å²) in [4.78, 5) is 29.6. The lowest BCUT2D eigenvalue weighted by Crippen LogP contribution is -2.54. The molecule has 0 aliphatic carbocycles. The van der Waals surface area contributed by atoms with Gasteiger partial charge in [-0.2, -0.15) is 0 Å². The lowest BCUT2D eigenvalue weighted by Gasteiger charge is -2.34. The second kappa shape index (κ2) is 15.0. The zero-order valence-electron chi connectivity index (χ0n) is 25.0. The van der Waals surface area contributed by atoms with Gasteiger partial charge in [0.05, 0.1) is 11.4 Å². The molecular formula is C32H37Cl2N3O6S. The SMILES string of the molecule is CC[C@@H](C)NC(=O)[C@@H](Cc1ccccc1)N(Cc1ccc(Cl)cc1Cl)C(=O)CN(c1ccc2c(c1)OCCO2)S(=O)(=O)CC. The summed E-state index contributed by atoms with van der Waals surface area (Å²) in [6.07, 6.45) is 0.887. The van der Waals surface area contributed by atoms with E-state index >= 15 is 0 Å². The molecule has 0 radical (unpaired) electrons. The minimum absolute atomic E-state index is 0.0542. The lowest BCUT2D eigenvalue weighted by molar-refractivity contribution is -0.140. The van der Waals surface area contributed by atoms with Gasteiger partial charge in [-0.15, -0.1) is 0 Å². The Morgan fingerprint density at radius 2 is 1.66 bits per heavy atom. The van der Waals surface area contributed by atoms with Crippen molar-refractivity contribution >= 4 is 50.7 Å². The molecule has 1 aliphatic rings. The number of halogens is 2. The van der Waals surface area contributed by atoms with Gasteiger partial charge in [-0.25, -0.2) is 8.42 Å². The predicted molar refractivity (Wildman–Crippen MR) is 173 cm³/mol. The van der Waals surface area contributed by atoms with Crippen LogP contribution < -0.4 is 19.1 Å². The Labute approximate surface area is 269 Å². The number of amides is 2. The number of nitrogens with one attached hydrogen (secondary N) is 1. The van der Waals surface area contributed by atoms with Crippen molar-refractivity contribution in [3.05, 3.63) is 87.9 Å². The van der Waals surface area contributed by atoms with E-state index < -0.39 is 28.5 Å². The molecule has 12 heteroatoms. The number of benzene rings is 3. The monoisotopic (exact) mass is 661 g/mol. The Kier molecular flexibility index (Phi) is 11.4. The van der Waals surface area contributed by atoms with Crippen LogP contribution in [0.5, 0.6) is 11.5 Å². The average molecular weight is 663 g/mol. The summed E-state index contributed by atoms with van der Waals surface area (Å²) >= 11 is 12.7. The van der Waals surface area contributed by atoms with Crippen molar-refractivity contribution in [3.8, 4) is 11.5 Å². The summed E-state index contributed by atoms with van der Waals surface area (Å²) in [6.45, 7) is 5.44. The summed E-state index contributed by atoms with van der Waals surface area (Å²) in [5.74, 6) is -0.310. The fourth-order valence-electron chi connectivity index (χ4n) is 4.74. The van der Waals surface area contributed by atoms with Gasteiger partial charge in [-0.1, -0.05) is 66.5 Å². The third-order valence-corrected chi connectivity index (χ3v) is 9.75. The zero-order chi connectivity index (χ0) is 31.9. The van der Waals surface area contributed by atoms with Crippen LogP contribution >= 0.6 is 23.2 Å². The van der Waals surface area contributed by atoms with Crippen molar-refractivity contribution in [1.29, 1.82) is 0 Å². The van der Waals surface area contributed by atoms with Crippen molar-refractivity contribution in [2.24, 2.45) is 0 Å². The van der Waals surface area contributed by atoms with Crippen LogP contribution in [0.1, 0.15) is 38.3 Å². The van der Waals surface area contributed by atoms with Crippen molar-refractivity contribution < 1.29 is 27.5 Å². The average Bonchev–Trinajstić information content (AvgIpc) is 3.02. The van der Waals surface area contributed by atoms with E-state index in [0.29, 0.717) is 46.7 Å². The molecule has 2 atom stereocenters. The standard InChI is InChI=1S/C32H37Cl2N3O6S/c1-4-22(3)35-32(39)28(17-23-9-7-6-8-10-23)36(20-24-11-12-25(33)18-27(24)34)31(38)21-37(44(40,41)5-2)26-13-14-29-30(19-26)43-16-15-42-29/h6-14,18-19,22,28H,4-5,15-17,20-21H2,1-3H3,(H,35,39)/t22-,28-/m1/s1. The highest BCUT2D eigenvalue weighted by molar-refractivity contribution is 7.92. The smallest absolute Gasteiger partial charge is 0.244 e. The molecule has 9 nitrogen and oxygen atoms in total. The highest BCUT2D eigenvalue weighted by atomic mass is 35.5. The molecule has 1 N–H and O–H groups in total. The number of carbonyl (C=O) groups excluding carboxylic acids is 2. The molecular weight excluding hydrogens is 625 g/mol. The molecule has 3 aromatic carbocycles. The number of ether oxygens (including phenoxy) is 2. The molecule has 4 rings (SSSR count). The second-order valence-corrected chi connectivity index (χ2v) is 13.5. The van der Waals surface area contributed by atoms with Gasteiger partial charge in [0.2, 0.25) is 21.8 Å². The minimum atomic E-state index is -3.94. The van der Waals surface area contributed by atoms with E-state index in [1.165, 1.54) is 11.8 Å². The first-order chi connectivity index (χ1) is 21.0. The van der Waals surface area contributed by atoms with Crippen LogP contribution in [0.3, 0.4) is 0 Å². The highest BCUT2D eigenvalue weighted by Crippen LogP contribution is 2.35. The molecule has 0 aromatic heterocycles. The molecule has 1 aliphatic heterocycles. The maximum absolute atomic E-state index is 14.4. The highest BCUT2D eigenvalue weighted by Gasteiger charge is 2.34. The topological polar surface area (TPSA) is 105 Å². The number of carbonyl (C=O) groups is 2. The summed E-state index contributed by atoms with van der Waals surface area (Å²) in [6, 6.07) is 17.9. The third-order valence-electron chi connectivity index (χ3n) is 7.42. The fraction of sp³-hybridized carbons (Fsp3) is 0.375. The molecule has 0 bridgehead atoms. The molecule has 0 spiro atoms. The van der Waals surface area contributed by atoms with Crippen molar-refractivity contribution in [3.63, 3.8) is 0 Å². The number of sulfonamides is 1. The molecule has 2 amide bonds. The number of hydrogen-bond donors (Lipinski definition) is 1. The van der Waals surface area contributed by atoms with Gasteiger partial charge in [0.1, 0.15) is 25.8 Å². The van der Waals surface area contributed by atoms with Crippen LogP contribution in [0, 0.1) is 0 Å². The van der Waals surface area contributed by atoms with E-state index in [0.717, 1.165) is 9.87 Å². The van der Waals surface area contributed by atoms with Crippen molar-refractivity contribution in [1.82, 2.24) is 10.2 Å². The van der Waals surface area contributed by atoms with E-state index in [2.05, 4.69) is 5.32 Å². The first-order valence-corrected chi connectivity index (χ1v) is 16.9. The normalized spacial score (nSPS) is 13.9. The molecule has 0 unspecified atom stereocenters. The molecule has 44 heavy (non-hydrogen) atoms. The summed E-state index contributed by atoms with van der Waals surface area (Å²) in [5.41, 5.74) is 1.64. The molecule has 0 fully saturated rings. The van der Waals surface area contributed by atoms with Gasteiger partial charge in [0.15, 0.2) is 11.5 Å². The van der Waals surface area contributed by atoms with Gasteiger partial charge in [0, 0.05) is 35.1 Å². The largest absolute Gasteiger partial charge is 0.486 e. The van der Waals surface area contributed by atoms with E-state index in [-0.39, 0.29) is 36.4 Å². The predicted octanol–water partition coefficient (Wildman–Crippen LogP) is 5.48. The van der Waals surface area contributed by atoms with Crippen molar-refractivity contribution in [2.45, 2.75) is 52.2 Å². The molecule has 0 saturated carbocycles.